The molecule has 7 nitrogen and oxygen atoms in total. The first-order valence-corrected chi connectivity index (χ1v) is 10.2. The summed E-state index contributed by atoms with van der Waals surface area (Å²) in [6, 6.07) is 0.879. The fourth-order valence-electron chi connectivity index (χ4n) is 2.75. The molecule has 0 aliphatic carbocycles. The van der Waals surface area contributed by atoms with Crippen LogP contribution in [0.1, 0.15) is 33.0 Å². The molecule has 12 heteroatoms. The summed E-state index contributed by atoms with van der Waals surface area (Å²) in [5, 5.41) is 7.15. The van der Waals surface area contributed by atoms with Crippen molar-refractivity contribution < 1.29 is 22.8 Å². The minimum atomic E-state index is -4.63. The zero-order valence-electron chi connectivity index (χ0n) is 15.2. The fourth-order valence-corrected chi connectivity index (χ4v) is 4.23. The van der Waals surface area contributed by atoms with Crippen LogP contribution in [0.5, 0.6) is 0 Å². The van der Waals surface area contributed by atoms with Crippen molar-refractivity contribution in [3.63, 3.8) is 0 Å². The van der Waals surface area contributed by atoms with Crippen molar-refractivity contribution in [1.82, 2.24) is 14.8 Å². The van der Waals surface area contributed by atoms with E-state index in [1.54, 1.807) is 10.9 Å². The Bertz CT molecular complexity index is 1100. The summed E-state index contributed by atoms with van der Waals surface area (Å²) >= 11 is 2.85. The number of carbonyl (C=O) groups is 2. The Kier molecular flexibility index (Phi) is 5.85. The van der Waals surface area contributed by atoms with Crippen LogP contribution < -0.4 is 11.1 Å². The number of fused-ring (bicyclic) bond motifs is 1. The summed E-state index contributed by atoms with van der Waals surface area (Å²) in [6.45, 7) is 3.61. The summed E-state index contributed by atoms with van der Waals surface area (Å²) in [6.07, 6.45) is -2.77. The zero-order chi connectivity index (χ0) is 21.5. The van der Waals surface area contributed by atoms with Gasteiger partial charge in [-0.1, -0.05) is 0 Å². The molecule has 0 bridgehead atoms. The standard InChI is InChI=1S/C17H15F3IN5O2S/c1-7-5-10(17(18,19)20)23-16-12(7)13(14(29-16)15(22)28)24-11(27)3-4-26-6-9(21)8(2)25-26/h5-6H,3-4H2,1-2H3,(H2,22,28)(H,24,27). The van der Waals surface area contributed by atoms with E-state index < -0.39 is 23.7 Å². The molecule has 3 aromatic rings. The Morgan fingerprint density at radius 2 is 2.03 bits per heavy atom. The van der Waals surface area contributed by atoms with Crippen molar-refractivity contribution in [2.24, 2.45) is 5.73 Å². The smallest absolute Gasteiger partial charge is 0.365 e. The molecule has 154 valence electrons. The van der Waals surface area contributed by atoms with Gasteiger partial charge in [-0.25, -0.2) is 4.98 Å². The average Bonchev–Trinajstić information content (AvgIpc) is 3.13. The molecular weight excluding hydrogens is 522 g/mol. The predicted octanol–water partition coefficient (Wildman–Crippen LogP) is 3.86. The maximum Gasteiger partial charge on any atom is 0.433 e. The van der Waals surface area contributed by atoms with Gasteiger partial charge in [0.05, 0.1) is 15.0 Å². The molecule has 2 amide bonds. The third kappa shape index (κ3) is 4.52. The highest BCUT2D eigenvalue weighted by Gasteiger charge is 2.34. The number of thiophene rings is 1. The van der Waals surface area contributed by atoms with E-state index in [9.17, 15) is 22.8 Å². The molecule has 0 saturated carbocycles. The lowest BCUT2D eigenvalue weighted by Crippen LogP contribution is -2.18. The van der Waals surface area contributed by atoms with Gasteiger partial charge in [0.25, 0.3) is 5.91 Å². The molecule has 3 aromatic heterocycles. The minimum absolute atomic E-state index is 0.0151. The van der Waals surface area contributed by atoms with Gasteiger partial charge in [0.2, 0.25) is 5.91 Å². The van der Waals surface area contributed by atoms with E-state index in [0.717, 1.165) is 26.7 Å². The van der Waals surface area contributed by atoms with E-state index in [0.29, 0.717) is 6.54 Å². The summed E-state index contributed by atoms with van der Waals surface area (Å²) in [5.74, 6) is -1.27. The van der Waals surface area contributed by atoms with E-state index in [4.69, 9.17) is 5.73 Å². The molecule has 0 atom stereocenters. The topological polar surface area (TPSA) is 103 Å². The number of aryl methyl sites for hydroxylation is 3. The largest absolute Gasteiger partial charge is 0.433 e. The Labute approximate surface area is 180 Å². The molecule has 29 heavy (non-hydrogen) atoms. The van der Waals surface area contributed by atoms with Crippen molar-refractivity contribution in [3.8, 4) is 0 Å². The number of anilines is 1. The highest BCUT2D eigenvalue weighted by Crippen LogP contribution is 2.39. The average molecular weight is 537 g/mol. The van der Waals surface area contributed by atoms with Crippen LogP contribution in [0.4, 0.5) is 18.9 Å². The molecule has 0 radical (unpaired) electrons. The van der Waals surface area contributed by atoms with Crippen molar-refractivity contribution in [3.05, 3.63) is 37.7 Å². The first kappa shape index (κ1) is 21.5. The highest BCUT2D eigenvalue weighted by atomic mass is 127. The van der Waals surface area contributed by atoms with E-state index in [1.807, 2.05) is 6.92 Å². The minimum Gasteiger partial charge on any atom is -0.365 e. The number of aromatic nitrogens is 3. The van der Waals surface area contributed by atoms with Gasteiger partial charge in [-0.15, -0.1) is 11.3 Å². The third-order valence-electron chi connectivity index (χ3n) is 4.09. The van der Waals surface area contributed by atoms with Crippen molar-refractivity contribution >= 4 is 61.6 Å². The van der Waals surface area contributed by atoms with E-state index in [2.05, 4.69) is 38.0 Å². The van der Waals surface area contributed by atoms with Crippen LogP contribution in [-0.2, 0) is 17.5 Å². The fraction of sp³-hybridized carbons (Fsp3) is 0.294. The van der Waals surface area contributed by atoms with Crippen molar-refractivity contribution in [2.45, 2.75) is 33.0 Å². The van der Waals surface area contributed by atoms with Crippen LogP contribution in [0.2, 0.25) is 0 Å². The molecule has 0 unspecified atom stereocenters. The Hall–Kier alpha value is -2.22. The van der Waals surface area contributed by atoms with Gasteiger partial charge in [-0.05, 0) is 48.1 Å². The number of nitrogens with two attached hydrogens (primary N) is 1. The molecule has 3 N–H and O–H groups in total. The molecule has 3 rings (SSSR count). The maximum atomic E-state index is 13.0. The van der Waals surface area contributed by atoms with Gasteiger partial charge in [-0.3, -0.25) is 14.3 Å². The lowest BCUT2D eigenvalue weighted by atomic mass is 10.1. The van der Waals surface area contributed by atoms with Gasteiger partial charge in [-0.2, -0.15) is 18.3 Å². The molecular formula is C17H15F3IN5O2S. The highest BCUT2D eigenvalue weighted by molar-refractivity contribution is 14.1. The van der Waals surface area contributed by atoms with Gasteiger partial charge >= 0.3 is 6.18 Å². The van der Waals surface area contributed by atoms with Crippen LogP contribution >= 0.6 is 33.9 Å². The number of alkyl halides is 3. The SMILES string of the molecule is Cc1nn(CCC(=O)Nc2c(C(N)=O)sc3nc(C(F)(F)F)cc(C)c23)cc1I. The van der Waals surface area contributed by atoms with Gasteiger partial charge in [0.1, 0.15) is 15.4 Å². The molecule has 0 aromatic carbocycles. The number of primary amides is 1. The van der Waals surface area contributed by atoms with Crippen LogP contribution in [0, 0.1) is 17.4 Å². The number of rotatable bonds is 5. The number of nitrogens with one attached hydrogen (secondary N) is 1. The zero-order valence-corrected chi connectivity index (χ0v) is 18.2. The molecule has 0 aliphatic heterocycles. The van der Waals surface area contributed by atoms with E-state index in [-0.39, 0.29) is 32.8 Å². The first-order valence-electron chi connectivity index (χ1n) is 8.28. The molecule has 0 aliphatic rings. The summed E-state index contributed by atoms with van der Waals surface area (Å²) < 4.78 is 41.7. The van der Waals surface area contributed by atoms with Crippen LogP contribution in [0.3, 0.4) is 0 Å². The molecule has 0 saturated heterocycles. The lowest BCUT2D eigenvalue weighted by Gasteiger charge is -2.10. The van der Waals surface area contributed by atoms with Crippen molar-refractivity contribution in [2.75, 3.05) is 5.32 Å². The number of amides is 2. The van der Waals surface area contributed by atoms with E-state index >= 15 is 0 Å². The maximum absolute atomic E-state index is 13.0. The number of hydrogen-bond acceptors (Lipinski definition) is 5. The van der Waals surface area contributed by atoms with Gasteiger partial charge in [0, 0.05) is 24.5 Å². The number of halogens is 4. The molecule has 3 heterocycles. The van der Waals surface area contributed by atoms with Gasteiger partial charge < -0.3 is 11.1 Å². The molecule has 0 spiro atoms. The summed E-state index contributed by atoms with van der Waals surface area (Å²) in [7, 11) is 0. The Morgan fingerprint density at radius 1 is 1.34 bits per heavy atom. The molecule has 0 fully saturated rings. The van der Waals surface area contributed by atoms with Crippen molar-refractivity contribution in [1.29, 1.82) is 0 Å². The monoisotopic (exact) mass is 537 g/mol. The second-order valence-electron chi connectivity index (χ2n) is 6.30. The van der Waals surface area contributed by atoms with Crippen LogP contribution in [0.25, 0.3) is 10.2 Å². The number of nitrogens with zero attached hydrogens (tertiary/aromatic N) is 3. The first-order chi connectivity index (χ1) is 13.5. The Balaban J connectivity index is 1.91. The third-order valence-corrected chi connectivity index (χ3v) is 6.25. The second-order valence-corrected chi connectivity index (χ2v) is 8.46. The summed E-state index contributed by atoms with van der Waals surface area (Å²) in [5.41, 5.74) is 5.47. The van der Waals surface area contributed by atoms with Gasteiger partial charge in [0.15, 0.2) is 0 Å². The lowest BCUT2D eigenvalue weighted by molar-refractivity contribution is -0.141. The normalized spacial score (nSPS) is 11.8. The van der Waals surface area contributed by atoms with Crippen LogP contribution in [-0.4, -0.2) is 26.6 Å². The number of hydrogen-bond donors (Lipinski definition) is 2. The van der Waals surface area contributed by atoms with E-state index in [1.165, 1.54) is 6.92 Å². The number of carbonyl (C=O) groups excluding carboxylic acids is 2. The number of pyridine rings is 1. The second kappa shape index (κ2) is 7.89. The van der Waals surface area contributed by atoms with Crippen LogP contribution in [0.15, 0.2) is 12.3 Å². The quantitative estimate of drug-likeness (QED) is 0.483. The Morgan fingerprint density at radius 3 is 2.59 bits per heavy atom. The predicted molar refractivity (Wildman–Crippen MR) is 111 cm³/mol. The summed E-state index contributed by atoms with van der Waals surface area (Å²) in [4.78, 5) is 27.8.